The zero-order chi connectivity index (χ0) is 18.2. The van der Waals surface area contributed by atoms with Crippen molar-refractivity contribution in [2.24, 2.45) is 0 Å². The number of hydrogen-bond donors (Lipinski definition) is 2. The van der Waals surface area contributed by atoms with E-state index in [-0.39, 0.29) is 6.54 Å². The number of unbranched alkanes of at least 4 members (excludes halogenated alkanes) is 11. The molecule has 0 aliphatic carbocycles. The maximum absolute atomic E-state index is 10.5. The van der Waals surface area contributed by atoms with Crippen molar-refractivity contribution in [2.75, 3.05) is 11.9 Å². The molecule has 0 amide bonds. The summed E-state index contributed by atoms with van der Waals surface area (Å²) >= 11 is 0. The lowest BCUT2D eigenvalue weighted by Gasteiger charge is -2.06. The van der Waals surface area contributed by atoms with Gasteiger partial charge in [-0.3, -0.25) is 4.79 Å². The van der Waals surface area contributed by atoms with Crippen LogP contribution in [0.25, 0.3) is 0 Å². The standard InChI is InChI=1S/C22H37NO2/c1-2-3-4-5-6-7-8-9-10-11-12-13-14-20-15-17-21(18-16-20)23-19-22(24)25/h15-18,23H,2-14,19H2,1H3,(H,24,25). The van der Waals surface area contributed by atoms with Gasteiger partial charge in [-0.2, -0.15) is 0 Å². The van der Waals surface area contributed by atoms with Crippen LogP contribution in [-0.4, -0.2) is 17.6 Å². The first-order chi connectivity index (χ1) is 12.2. The molecule has 25 heavy (non-hydrogen) atoms. The van der Waals surface area contributed by atoms with E-state index in [4.69, 9.17) is 5.11 Å². The summed E-state index contributed by atoms with van der Waals surface area (Å²) in [4.78, 5) is 10.5. The van der Waals surface area contributed by atoms with Gasteiger partial charge in [-0.25, -0.2) is 0 Å². The first kappa shape index (κ1) is 21.5. The van der Waals surface area contributed by atoms with Crippen LogP contribution in [0.1, 0.15) is 89.5 Å². The molecule has 0 spiro atoms. The zero-order valence-corrected chi connectivity index (χ0v) is 16.1. The van der Waals surface area contributed by atoms with Crippen LogP contribution < -0.4 is 5.32 Å². The van der Waals surface area contributed by atoms with E-state index < -0.39 is 5.97 Å². The van der Waals surface area contributed by atoms with Gasteiger partial charge in [0.15, 0.2) is 0 Å². The highest BCUT2D eigenvalue weighted by Gasteiger charge is 1.98. The molecule has 0 aromatic heterocycles. The minimum Gasteiger partial charge on any atom is -0.480 e. The topological polar surface area (TPSA) is 49.3 Å². The Morgan fingerprint density at radius 3 is 1.76 bits per heavy atom. The van der Waals surface area contributed by atoms with Crippen molar-refractivity contribution in [3.05, 3.63) is 29.8 Å². The van der Waals surface area contributed by atoms with Crippen molar-refractivity contribution >= 4 is 11.7 Å². The first-order valence-corrected chi connectivity index (χ1v) is 10.3. The molecule has 0 radical (unpaired) electrons. The Bertz CT molecular complexity index is 442. The molecule has 0 heterocycles. The van der Waals surface area contributed by atoms with Crippen LogP contribution in [0.5, 0.6) is 0 Å². The summed E-state index contributed by atoms with van der Waals surface area (Å²) in [6, 6.07) is 8.14. The molecule has 1 rings (SSSR count). The summed E-state index contributed by atoms with van der Waals surface area (Å²) in [5.41, 5.74) is 2.22. The number of anilines is 1. The second-order valence-electron chi connectivity index (χ2n) is 7.08. The highest BCUT2D eigenvalue weighted by molar-refractivity contribution is 5.72. The van der Waals surface area contributed by atoms with Gasteiger partial charge in [0.2, 0.25) is 0 Å². The van der Waals surface area contributed by atoms with Crippen LogP contribution >= 0.6 is 0 Å². The minimum absolute atomic E-state index is 0.0297. The van der Waals surface area contributed by atoms with E-state index >= 15 is 0 Å². The first-order valence-electron chi connectivity index (χ1n) is 10.3. The minimum atomic E-state index is -0.833. The molecular formula is C22H37NO2. The van der Waals surface area contributed by atoms with Crippen molar-refractivity contribution in [1.82, 2.24) is 0 Å². The summed E-state index contributed by atoms with van der Waals surface area (Å²) in [7, 11) is 0. The molecule has 1 aromatic rings. The summed E-state index contributed by atoms with van der Waals surface area (Å²) in [6.07, 6.45) is 17.7. The van der Waals surface area contributed by atoms with Gasteiger partial charge in [-0.15, -0.1) is 0 Å². The van der Waals surface area contributed by atoms with Gasteiger partial charge in [0.25, 0.3) is 0 Å². The molecule has 142 valence electrons. The van der Waals surface area contributed by atoms with Crippen molar-refractivity contribution in [3.63, 3.8) is 0 Å². The van der Waals surface area contributed by atoms with E-state index in [2.05, 4.69) is 24.4 Å². The Hall–Kier alpha value is -1.51. The Labute approximate surface area is 154 Å². The van der Waals surface area contributed by atoms with Crippen LogP contribution in [-0.2, 0) is 11.2 Å². The van der Waals surface area contributed by atoms with Crippen LogP contribution in [0.2, 0.25) is 0 Å². The number of aryl methyl sites for hydroxylation is 1. The third-order valence-electron chi connectivity index (χ3n) is 4.72. The molecule has 0 aliphatic heterocycles. The predicted molar refractivity (Wildman–Crippen MR) is 107 cm³/mol. The molecule has 0 aliphatic rings. The number of carboxylic acids is 1. The average Bonchev–Trinajstić information content (AvgIpc) is 2.62. The summed E-state index contributed by atoms with van der Waals surface area (Å²) < 4.78 is 0. The Kier molecular flexibility index (Phi) is 12.7. The number of benzene rings is 1. The molecule has 2 N–H and O–H groups in total. The summed E-state index contributed by atoms with van der Waals surface area (Å²) in [6.45, 7) is 2.24. The lowest BCUT2D eigenvalue weighted by Crippen LogP contribution is -2.12. The second kappa shape index (κ2) is 14.8. The van der Waals surface area contributed by atoms with E-state index in [9.17, 15) is 4.79 Å². The lowest BCUT2D eigenvalue weighted by molar-refractivity contribution is -0.134. The molecule has 0 atom stereocenters. The van der Waals surface area contributed by atoms with Crippen molar-refractivity contribution in [3.8, 4) is 0 Å². The fraction of sp³-hybridized carbons (Fsp3) is 0.682. The molecule has 0 saturated carbocycles. The van der Waals surface area contributed by atoms with E-state index in [1.165, 1.54) is 82.6 Å². The predicted octanol–water partition coefficient (Wildman–Crippen LogP) is 6.43. The lowest BCUT2D eigenvalue weighted by atomic mass is 10.0. The maximum Gasteiger partial charge on any atom is 0.322 e. The van der Waals surface area contributed by atoms with Gasteiger partial charge in [-0.05, 0) is 30.5 Å². The van der Waals surface area contributed by atoms with Crippen molar-refractivity contribution in [1.29, 1.82) is 0 Å². The van der Waals surface area contributed by atoms with E-state index in [1.807, 2.05) is 12.1 Å². The van der Waals surface area contributed by atoms with E-state index in [0.717, 1.165) is 12.1 Å². The molecule has 0 fully saturated rings. The number of aliphatic carboxylic acids is 1. The second-order valence-corrected chi connectivity index (χ2v) is 7.08. The Morgan fingerprint density at radius 2 is 1.28 bits per heavy atom. The monoisotopic (exact) mass is 347 g/mol. The smallest absolute Gasteiger partial charge is 0.322 e. The normalized spacial score (nSPS) is 10.8. The van der Waals surface area contributed by atoms with Crippen LogP contribution in [0.4, 0.5) is 5.69 Å². The van der Waals surface area contributed by atoms with Gasteiger partial charge in [0.05, 0.1) is 0 Å². The van der Waals surface area contributed by atoms with Gasteiger partial charge in [0.1, 0.15) is 6.54 Å². The highest BCUT2D eigenvalue weighted by Crippen LogP contribution is 2.14. The fourth-order valence-electron chi connectivity index (χ4n) is 3.14. The zero-order valence-electron chi connectivity index (χ0n) is 16.1. The third kappa shape index (κ3) is 12.5. The molecular weight excluding hydrogens is 310 g/mol. The summed E-state index contributed by atoms with van der Waals surface area (Å²) in [5, 5.41) is 11.5. The number of carbonyl (C=O) groups is 1. The number of rotatable bonds is 16. The quantitative estimate of drug-likeness (QED) is 0.339. The summed E-state index contributed by atoms with van der Waals surface area (Å²) in [5.74, 6) is -0.833. The number of nitrogens with one attached hydrogen (secondary N) is 1. The molecule has 0 unspecified atom stereocenters. The third-order valence-corrected chi connectivity index (χ3v) is 4.72. The van der Waals surface area contributed by atoms with Crippen LogP contribution in [0.3, 0.4) is 0 Å². The molecule has 0 saturated heterocycles. The van der Waals surface area contributed by atoms with E-state index in [0.29, 0.717) is 0 Å². The number of carboxylic acid groups (broad SMARTS) is 1. The highest BCUT2D eigenvalue weighted by atomic mass is 16.4. The van der Waals surface area contributed by atoms with Gasteiger partial charge in [-0.1, -0.05) is 89.7 Å². The Balaban J connectivity index is 1.93. The fourth-order valence-corrected chi connectivity index (χ4v) is 3.14. The molecule has 3 nitrogen and oxygen atoms in total. The van der Waals surface area contributed by atoms with Crippen LogP contribution in [0.15, 0.2) is 24.3 Å². The molecule has 1 aromatic carbocycles. The largest absolute Gasteiger partial charge is 0.480 e. The average molecular weight is 348 g/mol. The van der Waals surface area contributed by atoms with E-state index in [1.54, 1.807) is 0 Å². The van der Waals surface area contributed by atoms with Crippen molar-refractivity contribution < 1.29 is 9.90 Å². The van der Waals surface area contributed by atoms with Gasteiger partial charge < -0.3 is 10.4 Å². The van der Waals surface area contributed by atoms with Crippen molar-refractivity contribution in [2.45, 2.75) is 90.4 Å². The maximum atomic E-state index is 10.5. The SMILES string of the molecule is CCCCCCCCCCCCCCc1ccc(NCC(=O)O)cc1. The molecule has 3 heteroatoms. The van der Waals surface area contributed by atoms with Gasteiger partial charge >= 0.3 is 5.97 Å². The molecule has 0 bridgehead atoms. The number of hydrogen-bond acceptors (Lipinski definition) is 2. The van der Waals surface area contributed by atoms with Crippen LogP contribution in [0, 0.1) is 0 Å². The van der Waals surface area contributed by atoms with Gasteiger partial charge in [0, 0.05) is 5.69 Å². The Morgan fingerprint density at radius 1 is 0.800 bits per heavy atom.